The van der Waals surface area contributed by atoms with Crippen molar-refractivity contribution in [2.45, 2.75) is 52.6 Å². The molecular weight excluding hydrogens is 612 g/mol. The first-order valence-corrected chi connectivity index (χ1v) is 16.6. The molecule has 2 atom stereocenters. The number of carboxylic acid groups (broad SMARTS) is 2. The summed E-state index contributed by atoms with van der Waals surface area (Å²) in [4.78, 5) is 57.4. The normalized spacial score (nSPS) is 17.5. The molecule has 1 aliphatic heterocycles. The van der Waals surface area contributed by atoms with E-state index in [0.717, 1.165) is 5.56 Å². The number of ether oxygens (including phenoxy) is 4. The van der Waals surface area contributed by atoms with Crippen LogP contribution in [0.3, 0.4) is 0 Å². The van der Waals surface area contributed by atoms with Crippen molar-refractivity contribution in [3.05, 3.63) is 29.8 Å². The van der Waals surface area contributed by atoms with Gasteiger partial charge < -0.3 is 29.2 Å². The number of hydrogen-bond acceptors (Lipinski definition) is 12. The number of benzene rings is 1. The second-order valence-corrected chi connectivity index (χ2v) is 11.2. The van der Waals surface area contributed by atoms with Crippen LogP contribution in [0.15, 0.2) is 24.3 Å². The van der Waals surface area contributed by atoms with E-state index in [-0.39, 0.29) is 32.3 Å². The van der Waals surface area contributed by atoms with Crippen molar-refractivity contribution in [1.29, 1.82) is 0 Å². The molecule has 1 aromatic rings. The zero-order valence-corrected chi connectivity index (χ0v) is 28.4. The molecule has 47 heavy (non-hydrogen) atoms. The van der Waals surface area contributed by atoms with Gasteiger partial charge in [0.1, 0.15) is 24.4 Å². The van der Waals surface area contributed by atoms with Gasteiger partial charge in [-0.3, -0.25) is 38.8 Å². The third kappa shape index (κ3) is 15.0. The van der Waals surface area contributed by atoms with E-state index in [0.29, 0.717) is 90.8 Å². The first kappa shape index (κ1) is 39.9. The van der Waals surface area contributed by atoms with Gasteiger partial charge in [0.15, 0.2) is 0 Å². The molecule has 1 aromatic carbocycles. The molecule has 14 nitrogen and oxygen atoms in total. The summed E-state index contributed by atoms with van der Waals surface area (Å²) in [5, 5.41) is 19.4. The molecule has 0 aromatic heterocycles. The lowest BCUT2D eigenvalue weighted by Crippen LogP contribution is -2.54. The minimum Gasteiger partial charge on any atom is -0.491 e. The number of carbonyl (C=O) groups excluding carboxylic acids is 2. The average Bonchev–Trinajstić information content (AvgIpc) is 3.02. The van der Waals surface area contributed by atoms with Crippen LogP contribution in [0.5, 0.6) is 5.75 Å². The molecule has 2 N–H and O–H groups in total. The fraction of sp³-hybridized carbons (Fsp3) is 0.697. The van der Waals surface area contributed by atoms with Gasteiger partial charge in [0.25, 0.3) is 0 Å². The third-order valence-electron chi connectivity index (χ3n) is 7.97. The van der Waals surface area contributed by atoms with Gasteiger partial charge in [0.2, 0.25) is 0 Å². The van der Waals surface area contributed by atoms with E-state index in [4.69, 9.17) is 18.9 Å². The van der Waals surface area contributed by atoms with Crippen LogP contribution in [-0.4, -0.2) is 164 Å². The molecule has 0 aliphatic carbocycles. The Hall–Kier alpha value is -3.30. The number of nitrogens with zero attached hydrogens (tertiary/aromatic N) is 4. The van der Waals surface area contributed by atoms with Crippen molar-refractivity contribution in [1.82, 2.24) is 19.6 Å². The number of carboxylic acids is 2. The van der Waals surface area contributed by atoms with Crippen LogP contribution < -0.4 is 4.74 Å². The van der Waals surface area contributed by atoms with E-state index in [9.17, 15) is 29.4 Å². The lowest BCUT2D eigenvalue weighted by atomic mass is 10.0. The minimum absolute atomic E-state index is 0.195. The van der Waals surface area contributed by atoms with Crippen LogP contribution in [0, 0.1) is 0 Å². The number of esters is 2. The SMILES string of the molecule is CCOCCOc1ccc(CC(C(=O)OCC)N2CCN(CC(=O)O)CCN([C@@H](CC)C(=O)OCC)CCN(CC(=O)O)CC2)cc1. The highest BCUT2D eigenvalue weighted by molar-refractivity contribution is 5.76. The molecule has 1 saturated heterocycles. The lowest BCUT2D eigenvalue weighted by Gasteiger charge is -2.37. The van der Waals surface area contributed by atoms with Crippen LogP contribution >= 0.6 is 0 Å². The molecule has 1 aliphatic rings. The number of carbonyl (C=O) groups is 4. The zero-order chi connectivity index (χ0) is 34.6. The molecule has 0 saturated carbocycles. The molecule has 0 radical (unpaired) electrons. The van der Waals surface area contributed by atoms with E-state index in [2.05, 4.69) is 0 Å². The maximum atomic E-state index is 13.4. The molecule has 0 bridgehead atoms. The summed E-state index contributed by atoms with van der Waals surface area (Å²) in [6.07, 6.45) is 0.827. The third-order valence-corrected chi connectivity index (χ3v) is 7.97. The quantitative estimate of drug-likeness (QED) is 0.171. The highest BCUT2D eigenvalue weighted by atomic mass is 16.5. The number of hydrogen-bond donors (Lipinski definition) is 2. The summed E-state index contributed by atoms with van der Waals surface area (Å²) in [5.74, 6) is -2.04. The summed E-state index contributed by atoms with van der Waals surface area (Å²) in [5.41, 5.74) is 0.885. The Kier molecular flexibility index (Phi) is 18.9. The highest BCUT2D eigenvalue weighted by Gasteiger charge is 2.31. The zero-order valence-electron chi connectivity index (χ0n) is 28.4. The first-order chi connectivity index (χ1) is 22.6. The molecule has 1 fully saturated rings. The fourth-order valence-corrected chi connectivity index (χ4v) is 5.57. The summed E-state index contributed by atoms with van der Waals surface area (Å²) >= 11 is 0. The van der Waals surface area contributed by atoms with Crippen molar-refractivity contribution < 1.29 is 48.3 Å². The topological polar surface area (TPSA) is 159 Å². The smallest absolute Gasteiger partial charge is 0.323 e. The Balaban J connectivity index is 2.35. The predicted molar refractivity (Wildman–Crippen MR) is 175 cm³/mol. The highest BCUT2D eigenvalue weighted by Crippen LogP contribution is 2.17. The van der Waals surface area contributed by atoms with Crippen molar-refractivity contribution in [2.75, 3.05) is 98.5 Å². The van der Waals surface area contributed by atoms with Gasteiger partial charge in [0.05, 0.1) is 32.9 Å². The van der Waals surface area contributed by atoms with Gasteiger partial charge in [-0.2, -0.15) is 0 Å². The molecule has 1 unspecified atom stereocenters. The van der Waals surface area contributed by atoms with Crippen LogP contribution in [0.1, 0.15) is 39.7 Å². The van der Waals surface area contributed by atoms with Gasteiger partial charge in [0, 0.05) is 59.0 Å². The molecule has 0 amide bonds. The maximum Gasteiger partial charge on any atom is 0.323 e. The van der Waals surface area contributed by atoms with E-state index in [1.165, 1.54) is 0 Å². The summed E-state index contributed by atoms with van der Waals surface area (Å²) in [6, 6.07) is 6.25. The van der Waals surface area contributed by atoms with Gasteiger partial charge in [-0.25, -0.2) is 0 Å². The van der Waals surface area contributed by atoms with E-state index < -0.39 is 30.0 Å². The predicted octanol–water partition coefficient (Wildman–Crippen LogP) is 1.31. The van der Waals surface area contributed by atoms with Crippen LogP contribution in [0.2, 0.25) is 0 Å². The average molecular weight is 667 g/mol. The van der Waals surface area contributed by atoms with Crippen LogP contribution in [-0.2, 0) is 39.8 Å². The van der Waals surface area contributed by atoms with Crippen molar-refractivity contribution in [3.63, 3.8) is 0 Å². The maximum absolute atomic E-state index is 13.4. The van der Waals surface area contributed by atoms with Crippen LogP contribution in [0.4, 0.5) is 0 Å². The van der Waals surface area contributed by atoms with Gasteiger partial charge in [-0.15, -0.1) is 0 Å². The summed E-state index contributed by atoms with van der Waals surface area (Å²) in [6.45, 7) is 11.6. The van der Waals surface area contributed by atoms with Gasteiger partial charge in [-0.05, 0) is 51.3 Å². The van der Waals surface area contributed by atoms with E-state index in [1.54, 1.807) is 23.6 Å². The largest absolute Gasteiger partial charge is 0.491 e. The molecule has 0 spiro atoms. The Morgan fingerprint density at radius 3 is 1.55 bits per heavy atom. The van der Waals surface area contributed by atoms with Crippen LogP contribution in [0.25, 0.3) is 0 Å². The molecular formula is C33H54N4O10. The number of rotatable bonds is 18. The number of aliphatic carboxylic acids is 2. The molecule has 2 rings (SSSR count). The van der Waals surface area contributed by atoms with Gasteiger partial charge >= 0.3 is 23.9 Å². The summed E-state index contributed by atoms with van der Waals surface area (Å²) in [7, 11) is 0. The summed E-state index contributed by atoms with van der Waals surface area (Å²) < 4.78 is 21.9. The monoisotopic (exact) mass is 666 g/mol. The lowest BCUT2D eigenvalue weighted by molar-refractivity contribution is -0.150. The second-order valence-electron chi connectivity index (χ2n) is 11.2. The second kappa shape index (κ2) is 22.3. The van der Waals surface area contributed by atoms with E-state index in [1.807, 2.05) is 47.9 Å². The molecule has 266 valence electrons. The Labute approximate surface area is 278 Å². The Morgan fingerprint density at radius 2 is 1.13 bits per heavy atom. The van der Waals surface area contributed by atoms with Gasteiger partial charge in [-0.1, -0.05) is 19.1 Å². The molecule has 14 heteroatoms. The Morgan fingerprint density at radius 1 is 0.660 bits per heavy atom. The fourth-order valence-electron chi connectivity index (χ4n) is 5.57. The first-order valence-electron chi connectivity index (χ1n) is 16.6. The molecule has 1 heterocycles. The van der Waals surface area contributed by atoms with Crippen molar-refractivity contribution in [3.8, 4) is 5.75 Å². The van der Waals surface area contributed by atoms with Crippen molar-refractivity contribution >= 4 is 23.9 Å². The Bertz CT molecular complexity index is 1060. The van der Waals surface area contributed by atoms with E-state index >= 15 is 0 Å². The van der Waals surface area contributed by atoms with Crippen molar-refractivity contribution in [2.24, 2.45) is 0 Å². The standard InChI is InChI=1S/C33H54N4O10/c1-5-28(32(42)45-7-3)36-17-13-34(24-30(38)39)15-19-37(20-16-35(14-18-36)25-31(40)41)29(33(43)46-8-4)23-26-9-11-27(12-10-26)47-22-21-44-6-2/h9-12,28-29H,5-8,13-25H2,1-4H3,(H,38,39)(H,40,41)/t28-,29?/m0/s1. The minimum atomic E-state index is -0.981.